The maximum atomic E-state index is 5.84. The third kappa shape index (κ3) is 5.18. The Bertz CT molecular complexity index is 1140. The van der Waals surface area contributed by atoms with E-state index in [0.29, 0.717) is 29.8 Å². The van der Waals surface area contributed by atoms with E-state index in [0.717, 1.165) is 29.2 Å². The van der Waals surface area contributed by atoms with Crippen molar-refractivity contribution in [3.8, 4) is 10.8 Å². The minimum atomic E-state index is 0.508. The van der Waals surface area contributed by atoms with Gasteiger partial charge in [0.2, 0.25) is 10.7 Å². The summed E-state index contributed by atoms with van der Waals surface area (Å²) in [6, 6.07) is 14.0. The lowest BCUT2D eigenvalue weighted by molar-refractivity contribution is 0.180. The first-order valence-electron chi connectivity index (χ1n) is 9.70. The van der Waals surface area contributed by atoms with Gasteiger partial charge in [0, 0.05) is 6.54 Å². The van der Waals surface area contributed by atoms with Crippen molar-refractivity contribution in [1.82, 2.24) is 29.9 Å². The van der Waals surface area contributed by atoms with E-state index in [-0.39, 0.29) is 0 Å². The molecule has 0 radical (unpaired) electrons. The zero-order valence-corrected chi connectivity index (χ0v) is 18.2. The van der Waals surface area contributed by atoms with Gasteiger partial charge in [-0.05, 0) is 41.7 Å². The van der Waals surface area contributed by atoms with Crippen LogP contribution in [-0.4, -0.2) is 36.4 Å². The summed E-state index contributed by atoms with van der Waals surface area (Å²) < 4.78 is 8.20. The van der Waals surface area contributed by atoms with E-state index in [9.17, 15) is 0 Å². The van der Waals surface area contributed by atoms with E-state index in [1.54, 1.807) is 11.3 Å². The minimum Gasteiger partial charge on any atom is -0.419 e. The normalized spacial score (nSPS) is 11.7. The van der Waals surface area contributed by atoms with Crippen molar-refractivity contribution in [2.75, 3.05) is 6.54 Å². The largest absolute Gasteiger partial charge is 0.419 e. The zero-order chi connectivity index (χ0) is 20.8. The Morgan fingerprint density at radius 1 is 1.17 bits per heavy atom. The second-order valence-electron chi connectivity index (χ2n) is 6.74. The second-order valence-corrected chi connectivity index (χ2v) is 8.05. The summed E-state index contributed by atoms with van der Waals surface area (Å²) in [5.74, 6) is 1.86. The van der Waals surface area contributed by atoms with E-state index < -0.39 is 0 Å². The first kappa shape index (κ1) is 20.4. The third-order valence-corrected chi connectivity index (χ3v) is 5.54. The molecule has 0 aliphatic rings. The molecule has 1 N–H and O–H groups in total. The summed E-state index contributed by atoms with van der Waals surface area (Å²) in [7, 11) is 0. The molecule has 30 heavy (non-hydrogen) atoms. The van der Waals surface area contributed by atoms with Gasteiger partial charge in [-0.15, -0.1) is 21.5 Å². The number of hydrogen-bond acceptors (Lipinski definition) is 7. The number of nitrogens with one attached hydrogen (secondary N) is 1. The van der Waals surface area contributed by atoms with Crippen LogP contribution in [0, 0.1) is 4.77 Å². The SMILES string of the molecule is CCCN(Cc1nnc(-c2cccs2)o1)Cn1[nH]c(C=Cc2ccccc2)nc1=S. The highest BCUT2D eigenvalue weighted by molar-refractivity contribution is 7.71. The number of benzene rings is 1. The van der Waals surface area contributed by atoms with Crippen LogP contribution in [0.5, 0.6) is 0 Å². The molecule has 3 aromatic heterocycles. The monoisotopic (exact) mass is 438 g/mol. The Kier molecular flexibility index (Phi) is 6.63. The Morgan fingerprint density at radius 3 is 2.80 bits per heavy atom. The van der Waals surface area contributed by atoms with E-state index in [2.05, 4.69) is 32.1 Å². The van der Waals surface area contributed by atoms with Gasteiger partial charge in [0.25, 0.3) is 5.89 Å². The van der Waals surface area contributed by atoms with Crippen LogP contribution in [0.2, 0.25) is 0 Å². The van der Waals surface area contributed by atoms with Crippen molar-refractivity contribution < 1.29 is 4.42 Å². The molecular formula is C21H22N6OS2. The van der Waals surface area contributed by atoms with Gasteiger partial charge in [-0.2, -0.15) is 4.98 Å². The molecule has 0 spiro atoms. The van der Waals surface area contributed by atoms with Gasteiger partial charge in [-0.25, -0.2) is 4.68 Å². The van der Waals surface area contributed by atoms with Gasteiger partial charge < -0.3 is 4.42 Å². The van der Waals surface area contributed by atoms with E-state index >= 15 is 0 Å². The summed E-state index contributed by atoms with van der Waals surface area (Å²) in [5, 5.41) is 13.6. The van der Waals surface area contributed by atoms with Crippen LogP contribution in [-0.2, 0) is 13.2 Å². The predicted octanol–water partition coefficient (Wildman–Crippen LogP) is 5.09. The quantitative estimate of drug-likeness (QED) is 0.367. The highest BCUT2D eigenvalue weighted by Crippen LogP contribution is 2.23. The maximum absolute atomic E-state index is 5.84. The molecule has 154 valence electrons. The lowest BCUT2D eigenvalue weighted by Crippen LogP contribution is -2.27. The predicted molar refractivity (Wildman–Crippen MR) is 121 cm³/mol. The average Bonchev–Trinajstić information content (AvgIpc) is 3.49. The van der Waals surface area contributed by atoms with Crippen LogP contribution in [0.15, 0.2) is 52.3 Å². The van der Waals surface area contributed by atoms with Crippen molar-refractivity contribution >= 4 is 35.7 Å². The second kappa shape index (κ2) is 9.75. The molecule has 4 rings (SSSR count). The number of aromatic nitrogens is 5. The van der Waals surface area contributed by atoms with E-state index in [1.165, 1.54) is 0 Å². The lowest BCUT2D eigenvalue weighted by atomic mass is 10.2. The topological polar surface area (TPSA) is 75.8 Å². The van der Waals surface area contributed by atoms with Crippen LogP contribution in [0.3, 0.4) is 0 Å². The number of hydrogen-bond donors (Lipinski definition) is 1. The van der Waals surface area contributed by atoms with Gasteiger partial charge in [0.15, 0.2) is 0 Å². The van der Waals surface area contributed by atoms with Crippen LogP contribution in [0.1, 0.15) is 30.6 Å². The van der Waals surface area contributed by atoms with Crippen LogP contribution >= 0.6 is 23.6 Å². The van der Waals surface area contributed by atoms with Crippen LogP contribution < -0.4 is 0 Å². The fourth-order valence-electron chi connectivity index (χ4n) is 3.01. The molecule has 0 unspecified atom stereocenters. The Balaban J connectivity index is 1.45. The van der Waals surface area contributed by atoms with Gasteiger partial charge in [0.1, 0.15) is 5.82 Å². The van der Waals surface area contributed by atoms with Crippen LogP contribution in [0.4, 0.5) is 0 Å². The molecule has 0 aliphatic heterocycles. The number of thiophene rings is 1. The lowest BCUT2D eigenvalue weighted by Gasteiger charge is -2.19. The van der Waals surface area contributed by atoms with Crippen molar-refractivity contribution in [3.05, 3.63) is 69.9 Å². The molecule has 0 amide bonds. The Labute approximate surface area is 183 Å². The number of nitrogens with zero attached hydrogens (tertiary/aromatic N) is 5. The fourth-order valence-corrected chi connectivity index (χ4v) is 3.85. The molecule has 1 aromatic carbocycles. The molecule has 0 saturated carbocycles. The van der Waals surface area contributed by atoms with Crippen LogP contribution in [0.25, 0.3) is 22.9 Å². The highest BCUT2D eigenvalue weighted by atomic mass is 32.1. The molecule has 0 aliphatic carbocycles. The summed E-state index contributed by atoms with van der Waals surface area (Å²) >= 11 is 7.02. The number of aromatic amines is 1. The fraction of sp³-hybridized carbons (Fsp3) is 0.238. The summed E-state index contributed by atoms with van der Waals surface area (Å²) in [5.41, 5.74) is 1.11. The van der Waals surface area contributed by atoms with Gasteiger partial charge in [0.05, 0.1) is 18.1 Å². The Morgan fingerprint density at radius 2 is 2.03 bits per heavy atom. The van der Waals surface area contributed by atoms with Crippen molar-refractivity contribution in [1.29, 1.82) is 0 Å². The first-order chi connectivity index (χ1) is 14.7. The average molecular weight is 439 g/mol. The number of H-pyrrole nitrogens is 1. The standard InChI is InChI=1S/C21H22N6OS2/c1-2-12-26(14-19-23-24-20(28-19)17-9-6-13-30-17)15-27-21(29)22-18(25-27)11-10-16-7-4-3-5-8-16/h3-11,13H,2,12,14-15H2,1H3,(H,22,25,29). The molecule has 0 atom stereocenters. The third-order valence-electron chi connectivity index (χ3n) is 4.37. The molecule has 3 heterocycles. The number of rotatable bonds is 9. The smallest absolute Gasteiger partial charge is 0.257 e. The Hall–Kier alpha value is -2.88. The summed E-state index contributed by atoms with van der Waals surface area (Å²) in [6.45, 7) is 4.11. The highest BCUT2D eigenvalue weighted by Gasteiger charge is 2.14. The van der Waals surface area contributed by atoms with Gasteiger partial charge >= 0.3 is 0 Å². The van der Waals surface area contributed by atoms with Crippen molar-refractivity contribution in [2.24, 2.45) is 0 Å². The molecule has 7 nitrogen and oxygen atoms in total. The molecule has 4 aromatic rings. The minimum absolute atomic E-state index is 0.508. The zero-order valence-electron chi connectivity index (χ0n) is 16.6. The van der Waals surface area contributed by atoms with E-state index in [1.807, 2.05) is 64.7 Å². The van der Waals surface area contributed by atoms with Crippen molar-refractivity contribution in [3.63, 3.8) is 0 Å². The molecule has 9 heteroatoms. The van der Waals surface area contributed by atoms with Crippen molar-refractivity contribution in [2.45, 2.75) is 26.6 Å². The maximum Gasteiger partial charge on any atom is 0.257 e. The molecular weight excluding hydrogens is 416 g/mol. The molecule has 0 fully saturated rings. The van der Waals surface area contributed by atoms with E-state index in [4.69, 9.17) is 16.6 Å². The first-order valence-corrected chi connectivity index (χ1v) is 11.0. The molecule has 0 saturated heterocycles. The molecule has 0 bridgehead atoms. The van der Waals surface area contributed by atoms with Gasteiger partial charge in [-0.3, -0.25) is 10.00 Å². The summed E-state index contributed by atoms with van der Waals surface area (Å²) in [6.07, 6.45) is 4.93. The van der Waals surface area contributed by atoms with Gasteiger partial charge in [-0.1, -0.05) is 49.4 Å². The summed E-state index contributed by atoms with van der Waals surface area (Å²) in [4.78, 5) is 7.61.